The summed E-state index contributed by atoms with van der Waals surface area (Å²) in [7, 11) is 0. The fourth-order valence-electron chi connectivity index (χ4n) is 10.1. The van der Waals surface area contributed by atoms with Crippen LogP contribution in [0.15, 0.2) is 237 Å². The summed E-state index contributed by atoms with van der Waals surface area (Å²) in [6.07, 6.45) is 0. The van der Waals surface area contributed by atoms with Gasteiger partial charge in [0, 0.05) is 0 Å². The molecule has 64 heavy (non-hydrogen) atoms. The Labute approximate surface area is 377 Å². The molecule has 3 heterocycles. The predicted molar refractivity (Wildman–Crippen MR) is 273 cm³/mol. The van der Waals surface area contributed by atoms with Gasteiger partial charge in [0.15, 0.2) is 0 Å². The van der Waals surface area contributed by atoms with Gasteiger partial charge >= 0.3 is 373 Å². The zero-order valence-electron chi connectivity index (χ0n) is 34.8. The number of nitrogens with zero attached hydrogens (tertiary/aromatic N) is 3. The Morgan fingerprint density at radius 1 is 0.312 bits per heavy atom. The Balaban J connectivity index is 1.12. The molecule has 0 amide bonds. The van der Waals surface area contributed by atoms with Crippen LogP contribution in [0.25, 0.3) is 79.6 Å². The SMILES string of the molecule is c1ccc(-c2cccc(-c3ccccc3N(c3ccccc3)c3cc4[se]c5cccc6c7cc(N(c8ccccc8)c8ccccc8)cc8c9ccccc9n(c(c3)c4c56)c78)c2)cc1. The van der Waals surface area contributed by atoms with E-state index in [2.05, 4.69) is 251 Å². The number of hydrogen-bond acceptors (Lipinski definition) is 2. The summed E-state index contributed by atoms with van der Waals surface area (Å²) in [5.41, 5.74) is 15.2. The van der Waals surface area contributed by atoms with Crippen molar-refractivity contribution in [3.05, 3.63) is 237 Å². The van der Waals surface area contributed by atoms with Crippen LogP contribution >= 0.6 is 0 Å². The van der Waals surface area contributed by atoms with E-state index >= 15 is 0 Å². The standard InChI is InChI=1S/C60H39N3Se/c1-5-19-40(20-6-1)41-21-17-22-42(35-41)48-29-13-15-32-53(48)62(45-27-11-4-12-28-45)47-38-55-59-57(39-47)64-56-34-18-31-50(58(56)59)52-37-46(36-51-49-30-14-16-33-54(49)63(55)60(51)52)61(43-23-7-2-8-24-43)44-25-9-3-10-26-44/h1-39H. The minimum absolute atomic E-state index is 0.0919. The van der Waals surface area contributed by atoms with Crippen molar-refractivity contribution in [2.75, 3.05) is 9.80 Å². The number of benzene rings is 10. The van der Waals surface area contributed by atoms with Crippen molar-refractivity contribution in [3.8, 4) is 22.3 Å². The normalized spacial score (nSPS) is 11.8. The number of aromatic nitrogens is 1. The summed E-state index contributed by atoms with van der Waals surface area (Å²) in [6, 6.07) is 86.8. The van der Waals surface area contributed by atoms with Crippen molar-refractivity contribution in [1.82, 2.24) is 4.40 Å². The van der Waals surface area contributed by atoms with Gasteiger partial charge in [-0.15, -0.1) is 0 Å². The molecule has 3 nitrogen and oxygen atoms in total. The van der Waals surface area contributed by atoms with Crippen molar-refractivity contribution in [1.29, 1.82) is 0 Å². The van der Waals surface area contributed by atoms with E-state index in [0.717, 1.165) is 34.1 Å². The van der Waals surface area contributed by atoms with Crippen LogP contribution in [0, 0.1) is 0 Å². The Morgan fingerprint density at radius 2 is 0.859 bits per heavy atom. The Hall–Kier alpha value is -7.88. The van der Waals surface area contributed by atoms with Crippen molar-refractivity contribution >= 4 is 106 Å². The molecule has 0 atom stereocenters. The van der Waals surface area contributed by atoms with Gasteiger partial charge in [0.25, 0.3) is 0 Å². The summed E-state index contributed by atoms with van der Waals surface area (Å²) in [5.74, 6) is 0. The van der Waals surface area contributed by atoms with Gasteiger partial charge in [-0.05, 0) is 0 Å². The molecule has 0 unspecified atom stereocenters. The van der Waals surface area contributed by atoms with Crippen LogP contribution in [0.2, 0.25) is 0 Å². The Bertz CT molecular complexity index is 3800. The fourth-order valence-corrected chi connectivity index (χ4v) is 12.6. The third kappa shape index (κ3) is 5.81. The third-order valence-corrected chi connectivity index (χ3v) is 15.1. The summed E-state index contributed by atoms with van der Waals surface area (Å²) >= 11 is 0.0919. The average molecular weight is 881 g/mol. The third-order valence-electron chi connectivity index (χ3n) is 12.8. The summed E-state index contributed by atoms with van der Waals surface area (Å²) in [4.78, 5) is 4.89. The molecule has 10 aromatic carbocycles. The van der Waals surface area contributed by atoms with Crippen LogP contribution in [0.4, 0.5) is 34.1 Å². The first kappa shape index (κ1) is 36.7. The van der Waals surface area contributed by atoms with E-state index in [1.807, 2.05) is 0 Å². The molecule has 13 aromatic rings. The molecule has 0 aliphatic heterocycles. The molecule has 0 radical (unpaired) electrons. The number of fused-ring (bicyclic) bond motifs is 5. The monoisotopic (exact) mass is 881 g/mol. The molecule has 0 spiro atoms. The summed E-state index contributed by atoms with van der Waals surface area (Å²) < 4.78 is 5.42. The van der Waals surface area contributed by atoms with E-state index in [-0.39, 0.29) is 14.5 Å². The molecule has 4 heteroatoms. The van der Waals surface area contributed by atoms with Crippen molar-refractivity contribution < 1.29 is 0 Å². The first-order valence-electron chi connectivity index (χ1n) is 21.8. The molecular formula is C60H39N3Se. The zero-order chi connectivity index (χ0) is 42.1. The molecule has 3 aromatic heterocycles. The summed E-state index contributed by atoms with van der Waals surface area (Å²) in [6.45, 7) is 0. The van der Waals surface area contributed by atoms with Crippen LogP contribution < -0.4 is 9.80 Å². The van der Waals surface area contributed by atoms with Gasteiger partial charge in [-0.1, -0.05) is 6.07 Å². The van der Waals surface area contributed by atoms with E-state index in [1.165, 1.54) is 79.6 Å². The maximum atomic E-state index is 2.59. The number of hydrogen-bond donors (Lipinski definition) is 0. The second-order valence-electron chi connectivity index (χ2n) is 16.5. The molecule has 0 bridgehead atoms. The van der Waals surface area contributed by atoms with Crippen LogP contribution in [0.5, 0.6) is 0 Å². The minimum atomic E-state index is 0.0919. The van der Waals surface area contributed by atoms with Crippen LogP contribution in [0.3, 0.4) is 0 Å². The van der Waals surface area contributed by atoms with Gasteiger partial charge in [-0.25, -0.2) is 0 Å². The fraction of sp³-hybridized carbons (Fsp3) is 0. The van der Waals surface area contributed by atoms with E-state index in [1.54, 1.807) is 0 Å². The zero-order valence-corrected chi connectivity index (χ0v) is 36.5. The van der Waals surface area contributed by atoms with Crippen LogP contribution in [-0.2, 0) is 0 Å². The second-order valence-corrected chi connectivity index (χ2v) is 18.8. The van der Waals surface area contributed by atoms with E-state index < -0.39 is 0 Å². The molecule has 300 valence electrons. The summed E-state index contributed by atoms with van der Waals surface area (Å²) in [5, 5.41) is 7.76. The van der Waals surface area contributed by atoms with Gasteiger partial charge in [-0.3, -0.25) is 0 Å². The van der Waals surface area contributed by atoms with E-state index in [0.29, 0.717) is 0 Å². The molecule has 0 saturated heterocycles. The second kappa shape index (κ2) is 14.9. The van der Waals surface area contributed by atoms with Crippen molar-refractivity contribution in [2.45, 2.75) is 0 Å². The molecule has 0 aliphatic rings. The number of para-hydroxylation sites is 5. The number of anilines is 6. The topological polar surface area (TPSA) is 10.9 Å². The molecule has 0 saturated carbocycles. The van der Waals surface area contributed by atoms with Gasteiger partial charge < -0.3 is 0 Å². The first-order chi connectivity index (χ1) is 31.8. The molecule has 0 fully saturated rings. The predicted octanol–water partition coefficient (Wildman–Crippen LogP) is 16.5. The van der Waals surface area contributed by atoms with Gasteiger partial charge in [0.05, 0.1) is 0 Å². The average Bonchev–Trinajstić information content (AvgIpc) is 3.87. The Morgan fingerprint density at radius 3 is 1.59 bits per heavy atom. The first-order valence-corrected chi connectivity index (χ1v) is 23.6. The van der Waals surface area contributed by atoms with E-state index in [9.17, 15) is 0 Å². The van der Waals surface area contributed by atoms with Gasteiger partial charge in [-0.2, -0.15) is 0 Å². The maximum absolute atomic E-state index is 2.59. The van der Waals surface area contributed by atoms with E-state index in [4.69, 9.17) is 0 Å². The van der Waals surface area contributed by atoms with Gasteiger partial charge in [0.2, 0.25) is 0 Å². The van der Waals surface area contributed by atoms with Gasteiger partial charge in [0.1, 0.15) is 0 Å². The van der Waals surface area contributed by atoms with Crippen molar-refractivity contribution in [3.63, 3.8) is 0 Å². The molecular weight excluding hydrogens is 842 g/mol. The Kier molecular flexibility index (Phi) is 8.55. The molecule has 13 rings (SSSR count). The van der Waals surface area contributed by atoms with Crippen molar-refractivity contribution in [2.24, 2.45) is 0 Å². The molecule has 0 aliphatic carbocycles. The quantitative estimate of drug-likeness (QED) is 0.141. The number of rotatable bonds is 8. The van der Waals surface area contributed by atoms with Crippen LogP contribution in [-0.4, -0.2) is 18.9 Å². The van der Waals surface area contributed by atoms with Crippen LogP contribution in [0.1, 0.15) is 0 Å². The molecule has 0 N–H and O–H groups in total.